The van der Waals surface area contributed by atoms with Crippen molar-refractivity contribution in [3.05, 3.63) is 34.1 Å². The molecule has 1 aromatic carbocycles. The summed E-state index contributed by atoms with van der Waals surface area (Å²) < 4.78 is 6.70. The summed E-state index contributed by atoms with van der Waals surface area (Å²) in [4.78, 5) is 10.3. The number of rotatable bonds is 6. The van der Waals surface area contributed by atoms with Gasteiger partial charge in [-0.15, -0.1) is 5.10 Å². The molecule has 1 aromatic heterocycles. The number of hydrogen-bond acceptors (Lipinski definition) is 7. The van der Waals surface area contributed by atoms with Gasteiger partial charge >= 0.3 is 0 Å². The second kappa shape index (κ2) is 6.27. The van der Waals surface area contributed by atoms with E-state index in [4.69, 9.17) is 4.74 Å². The average molecular weight is 292 g/mol. The number of tetrazole rings is 1. The van der Waals surface area contributed by atoms with Crippen LogP contribution < -0.4 is 10.1 Å². The van der Waals surface area contributed by atoms with Crippen molar-refractivity contribution in [2.24, 2.45) is 0 Å². The van der Waals surface area contributed by atoms with E-state index in [0.29, 0.717) is 23.8 Å². The van der Waals surface area contributed by atoms with Crippen molar-refractivity contribution in [1.29, 1.82) is 0 Å². The smallest absolute Gasteiger partial charge is 0.273 e. The zero-order chi connectivity index (χ0) is 15.4. The van der Waals surface area contributed by atoms with Gasteiger partial charge in [-0.25, -0.2) is 0 Å². The molecular formula is C12H16N6O3. The van der Waals surface area contributed by atoms with Gasteiger partial charge in [0.05, 0.1) is 24.6 Å². The lowest BCUT2D eigenvalue weighted by Crippen LogP contribution is -2.24. The van der Waals surface area contributed by atoms with Crippen molar-refractivity contribution in [3.63, 3.8) is 0 Å². The van der Waals surface area contributed by atoms with Gasteiger partial charge in [0.2, 0.25) is 0 Å². The van der Waals surface area contributed by atoms with Gasteiger partial charge in [0.15, 0.2) is 11.6 Å². The highest BCUT2D eigenvalue weighted by Crippen LogP contribution is 2.27. The number of aromatic nitrogens is 4. The molecule has 0 unspecified atom stereocenters. The average Bonchev–Trinajstić information content (AvgIpc) is 2.92. The van der Waals surface area contributed by atoms with E-state index >= 15 is 0 Å². The number of nitro groups is 1. The van der Waals surface area contributed by atoms with E-state index in [9.17, 15) is 10.1 Å². The van der Waals surface area contributed by atoms with Gasteiger partial charge in [0.1, 0.15) is 5.69 Å². The number of benzene rings is 1. The Balaban J connectivity index is 2.38. The molecule has 2 aromatic rings. The molecule has 1 N–H and O–H groups in total. The SMILES string of the molecule is COc1cc([N+](=O)[O-])ccc1-n1nnnc1CNC(C)C. The standard InChI is InChI=1S/C12H16N6O3/c1-8(2)13-7-12-14-15-16-17(12)10-5-4-9(18(19)20)6-11(10)21-3/h4-6,8,13H,7H2,1-3H3. The Bertz CT molecular complexity index is 640. The lowest BCUT2D eigenvalue weighted by molar-refractivity contribution is -0.384. The van der Waals surface area contributed by atoms with Crippen LogP contribution in [0, 0.1) is 10.1 Å². The van der Waals surface area contributed by atoms with Crippen molar-refractivity contribution < 1.29 is 9.66 Å². The lowest BCUT2D eigenvalue weighted by Gasteiger charge is -2.11. The molecule has 0 saturated heterocycles. The first-order valence-corrected chi connectivity index (χ1v) is 6.36. The van der Waals surface area contributed by atoms with E-state index in [1.807, 2.05) is 13.8 Å². The molecular weight excluding hydrogens is 276 g/mol. The van der Waals surface area contributed by atoms with E-state index in [1.165, 1.54) is 23.9 Å². The van der Waals surface area contributed by atoms with Gasteiger partial charge in [-0.1, -0.05) is 13.8 Å². The van der Waals surface area contributed by atoms with Crippen LogP contribution in [0.3, 0.4) is 0 Å². The molecule has 0 amide bonds. The van der Waals surface area contributed by atoms with Crippen molar-refractivity contribution in [2.75, 3.05) is 7.11 Å². The van der Waals surface area contributed by atoms with E-state index in [1.54, 1.807) is 6.07 Å². The fourth-order valence-electron chi connectivity index (χ4n) is 1.75. The molecule has 0 radical (unpaired) electrons. The summed E-state index contributed by atoms with van der Waals surface area (Å²) in [5.74, 6) is 0.929. The van der Waals surface area contributed by atoms with Gasteiger partial charge in [0.25, 0.3) is 5.69 Å². The van der Waals surface area contributed by atoms with Crippen LogP contribution in [0.25, 0.3) is 5.69 Å². The molecule has 112 valence electrons. The Morgan fingerprint density at radius 1 is 1.48 bits per heavy atom. The van der Waals surface area contributed by atoms with Crippen LogP contribution in [0.5, 0.6) is 5.75 Å². The number of hydrogen-bond donors (Lipinski definition) is 1. The third-order valence-corrected chi connectivity index (χ3v) is 2.80. The molecule has 0 aliphatic rings. The van der Waals surface area contributed by atoms with Crippen molar-refractivity contribution >= 4 is 5.69 Å². The van der Waals surface area contributed by atoms with E-state index in [-0.39, 0.29) is 11.7 Å². The number of ether oxygens (including phenoxy) is 1. The first-order valence-electron chi connectivity index (χ1n) is 6.36. The molecule has 9 nitrogen and oxygen atoms in total. The topological polar surface area (TPSA) is 108 Å². The van der Waals surface area contributed by atoms with Gasteiger partial charge in [-0.2, -0.15) is 4.68 Å². The first kappa shape index (κ1) is 14.9. The van der Waals surface area contributed by atoms with Gasteiger partial charge < -0.3 is 10.1 Å². The Labute approximate surface area is 121 Å². The Hall–Kier alpha value is -2.55. The van der Waals surface area contributed by atoms with Crippen LogP contribution in [0.15, 0.2) is 18.2 Å². The molecule has 0 fully saturated rings. The summed E-state index contributed by atoms with van der Waals surface area (Å²) in [5.41, 5.74) is 0.499. The van der Waals surface area contributed by atoms with Crippen LogP contribution >= 0.6 is 0 Å². The maximum absolute atomic E-state index is 10.8. The molecule has 0 atom stereocenters. The highest BCUT2D eigenvalue weighted by Gasteiger charge is 2.16. The molecule has 0 spiro atoms. The largest absolute Gasteiger partial charge is 0.494 e. The zero-order valence-electron chi connectivity index (χ0n) is 12.0. The van der Waals surface area contributed by atoms with E-state index < -0.39 is 4.92 Å². The van der Waals surface area contributed by atoms with Gasteiger partial charge in [-0.3, -0.25) is 10.1 Å². The maximum atomic E-state index is 10.8. The van der Waals surface area contributed by atoms with Crippen LogP contribution in [0.1, 0.15) is 19.7 Å². The minimum atomic E-state index is -0.479. The fourth-order valence-corrected chi connectivity index (χ4v) is 1.75. The number of nitro benzene ring substituents is 1. The second-order valence-corrected chi connectivity index (χ2v) is 4.66. The lowest BCUT2D eigenvalue weighted by atomic mass is 10.2. The third kappa shape index (κ3) is 3.31. The molecule has 9 heteroatoms. The summed E-state index contributed by atoms with van der Waals surface area (Å²) >= 11 is 0. The summed E-state index contributed by atoms with van der Waals surface area (Å²) in [7, 11) is 1.44. The minimum Gasteiger partial charge on any atom is -0.494 e. The molecule has 0 bridgehead atoms. The summed E-state index contributed by atoms with van der Waals surface area (Å²) in [6, 6.07) is 4.58. The number of nitrogens with zero attached hydrogens (tertiary/aromatic N) is 5. The van der Waals surface area contributed by atoms with Crippen molar-refractivity contribution in [1.82, 2.24) is 25.5 Å². The summed E-state index contributed by atoms with van der Waals surface area (Å²) in [5, 5.41) is 25.5. The van der Waals surface area contributed by atoms with Crippen LogP contribution in [-0.4, -0.2) is 38.3 Å². The second-order valence-electron chi connectivity index (χ2n) is 4.66. The van der Waals surface area contributed by atoms with Crippen molar-refractivity contribution in [3.8, 4) is 11.4 Å². The predicted molar refractivity (Wildman–Crippen MR) is 74.3 cm³/mol. The van der Waals surface area contributed by atoms with E-state index in [0.717, 1.165) is 0 Å². The molecule has 2 rings (SSSR count). The van der Waals surface area contributed by atoms with Crippen molar-refractivity contribution in [2.45, 2.75) is 26.4 Å². The molecule has 0 aliphatic heterocycles. The van der Waals surface area contributed by atoms with Crippen LogP contribution in [0.4, 0.5) is 5.69 Å². The van der Waals surface area contributed by atoms with Crippen LogP contribution in [-0.2, 0) is 6.54 Å². The quantitative estimate of drug-likeness (QED) is 0.626. The highest BCUT2D eigenvalue weighted by molar-refractivity contribution is 5.52. The monoisotopic (exact) mass is 292 g/mol. The number of methoxy groups -OCH3 is 1. The minimum absolute atomic E-state index is 0.0504. The first-order chi connectivity index (χ1) is 10.0. The third-order valence-electron chi connectivity index (χ3n) is 2.80. The van der Waals surface area contributed by atoms with Gasteiger partial charge in [-0.05, 0) is 16.5 Å². The predicted octanol–water partition coefficient (Wildman–Crippen LogP) is 1.08. The number of non-ortho nitro benzene ring substituents is 1. The highest BCUT2D eigenvalue weighted by atomic mass is 16.6. The Kier molecular flexibility index (Phi) is 4.43. The van der Waals surface area contributed by atoms with Gasteiger partial charge in [0, 0.05) is 12.1 Å². The number of nitrogens with one attached hydrogen (secondary N) is 1. The summed E-state index contributed by atoms with van der Waals surface area (Å²) in [6.45, 7) is 4.51. The normalized spacial score (nSPS) is 10.9. The summed E-state index contributed by atoms with van der Waals surface area (Å²) in [6.07, 6.45) is 0. The maximum Gasteiger partial charge on any atom is 0.273 e. The molecule has 21 heavy (non-hydrogen) atoms. The molecule has 0 saturated carbocycles. The Morgan fingerprint density at radius 3 is 2.86 bits per heavy atom. The molecule has 0 aliphatic carbocycles. The zero-order valence-corrected chi connectivity index (χ0v) is 12.0. The Morgan fingerprint density at radius 2 is 2.24 bits per heavy atom. The van der Waals surface area contributed by atoms with Crippen LogP contribution in [0.2, 0.25) is 0 Å². The van der Waals surface area contributed by atoms with E-state index in [2.05, 4.69) is 20.8 Å². The molecule has 1 heterocycles. The fraction of sp³-hybridized carbons (Fsp3) is 0.417.